The van der Waals surface area contributed by atoms with E-state index >= 15 is 0 Å². The summed E-state index contributed by atoms with van der Waals surface area (Å²) in [6.45, 7) is 0.285. The molecule has 150 valence electrons. The summed E-state index contributed by atoms with van der Waals surface area (Å²) in [6.07, 6.45) is 4.12. The van der Waals surface area contributed by atoms with Crippen molar-refractivity contribution in [3.8, 4) is 11.3 Å². The monoisotopic (exact) mass is 432 g/mol. The van der Waals surface area contributed by atoms with E-state index in [0.717, 1.165) is 12.8 Å². The van der Waals surface area contributed by atoms with Crippen molar-refractivity contribution in [2.45, 2.75) is 38.3 Å². The number of halogens is 3. The first-order valence-electron chi connectivity index (χ1n) is 9.44. The molecule has 2 aromatic carbocycles. The van der Waals surface area contributed by atoms with Crippen molar-refractivity contribution >= 4 is 29.1 Å². The first kappa shape index (κ1) is 19.9. The first-order chi connectivity index (χ1) is 14.0. The van der Waals surface area contributed by atoms with Crippen LogP contribution in [0.15, 0.2) is 53.1 Å². The van der Waals surface area contributed by atoms with Gasteiger partial charge in [-0.3, -0.25) is 4.79 Å². The van der Waals surface area contributed by atoms with Crippen molar-refractivity contribution in [1.82, 2.24) is 9.88 Å². The second kappa shape index (κ2) is 8.56. The molecule has 0 aliphatic heterocycles. The van der Waals surface area contributed by atoms with Crippen molar-refractivity contribution in [3.05, 3.63) is 76.0 Å². The summed E-state index contributed by atoms with van der Waals surface area (Å²) < 4.78 is 19.8. The van der Waals surface area contributed by atoms with Gasteiger partial charge in [-0.1, -0.05) is 41.4 Å². The van der Waals surface area contributed by atoms with E-state index in [-0.39, 0.29) is 30.7 Å². The highest BCUT2D eigenvalue weighted by molar-refractivity contribution is 6.36. The molecule has 0 radical (unpaired) electrons. The quantitative estimate of drug-likeness (QED) is 0.465. The van der Waals surface area contributed by atoms with Crippen molar-refractivity contribution in [3.63, 3.8) is 0 Å². The van der Waals surface area contributed by atoms with Crippen LogP contribution in [0.25, 0.3) is 11.3 Å². The summed E-state index contributed by atoms with van der Waals surface area (Å²) in [5.74, 6) is 0.670. The van der Waals surface area contributed by atoms with Crippen LogP contribution in [-0.2, 0) is 17.8 Å². The third-order valence-corrected chi connectivity index (χ3v) is 5.46. The maximum Gasteiger partial charge on any atom is 0.223 e. The van der Waals surface area contributed by atoms with Crippen LogP contribution in [0.2, 0.25) is 10.0 Å². The molecule has 1 saturated carbocycles. The summed E-state index contributed by atoms with van der Waals surface area (Å²) in [6, 6.07) is 11.9. The predicted octanol–water partition coefficient (Wildman–Crippen LogP) is 5.91. The van der Waals surface area contributed by atoms with Gasteiger partial charge in [0.2, 0.25) is 5.91 Å². The molecule has 0 saturated heterocycles. The highest BCUT2D eigenvalue weighted by Gasteiger charge is 2.32. The smallest absolute Gasteiger partial charge is 0.223 e. The second-order valence-corrected chi connectivity index (χ2v) is 7.93. The summed E-state index contributed by atoms with van der Waals surface area (Å²) in [7, 11) is 0. The zero-order valence-corrected chi connectivity index (χ0v) is 17.1. The Morgan fingerprint density at radius 2 is 2.00 bits per heavy atom. The molecular weight excluding hydrogens is 414 g/mol. The topological polar surface area (TPSA) is 46.3 Å². The van der Waals surface area contributed by atoms with Gasteiger partial charge in [0.1, 0.15) is 5.82 Å². The van der Waals surface area contributed by atoms with Crippen molar-refractivity contribution in [2.24, 2.45) is 0 Å². The van der Waals surface area contributed by atoms with Gasteiger partial charge in [0.25, 0.3) is 0 Å². The van der Waals surface area contributed by atoms with E-state index in [1.165, 1.54) is 6.07 Å². The molecule has 0 atom stereocenters. The largest absolute Gasteiger partial charge is 0.441 e. The minimum Gasteiger partial charge on any atom is -0.441 e. The van der Waals surface area contributed by atoms with Crippen molar-refractivity contribution < 1.29 is 13.6 Å². The van der Waals surface area contributed by atoms with Crippen LogP contribution in [0.4, 0.5) is 4.39 Å². The fourth-order valence-electron chi connectivity index (χ4n) is 3.21. The van der Waals surface area contributed by atoms with Gasteiger partial charge in [0, 0.05) is 41.6 Å². The molecule has 0 bridgehead atoms. The third kappa shape index (κ3) is 4.80. The molecule has 0 unspecified atom stereocenters. The summed E-state index contributed by atoms with van der Waals surface area (Å²) in [4.78, 5) is 18.8. The van der Waals surface area contributed by atoms with Crippen molar-refractivity contribution in [2.75, 3.05) is 0 Å². The van der Waals surface area contributed by atoms with E-state index in [0.29, 0.717) is 39.2 Å². The Kier molecular flexibility index (Phi) is 5.88. The van der Waals surface area contributed by atoms with Gasteiger partial charge in [-0.25, -0.2) is 9.37 Å². The average Bonchev–Trinajstić information content (AvgIpc) is 3.43. The molecule has 1 fully saturated rings. The Morgan fingerprint density at radius 1 is 1.21 bits per heavy atom. The van der Waals surface area contributed by atoms with Crippen molar-refractivity contribution in [1.29, 1.82) is 0 Å². The molecule has 4 rings (SSSR count). The number of benzene rings is 2. The molecule has 1 aliphatic carbocycles. The fourth-order valence-corrected chi connectivity index (χ4v) is 3.72. The molecule has 1 heterocycles. The highest BCUT2D eigenvalue weighted by atomic mass is 35.5. The molecule has 3 aromatic rings. The molecule has 1 aliphatic rings. The molecule has 29 heavy (non-hydrogen) atoms. The Bertz CT molecular complexity index is 1030. The maximum atomic E-state index is 14.0. The maximum absolute atomic E-state index is 14.0. The first-order valence-corrected chi connectivity index (χ1v) is 10.2. The van der Waals surface area contributed by atoms with Gasteiger partial charge < -0.3 is 9.32 Å². The standard InChI is InChI=1S/C22H19Cl2FN2O2/c23-15-5-8-17(18(24)11-15)20-12-26-21(29-20)9-10-22(28)27(16-6-7-16)13-14-3-1-2-4-19(14)25/h1-5,8,11-12,16H,6-7,9-10,13H2. The molecule has 4 nitrogen and oxygen atoms in total. The number of carbonyl (C=O) groups is 1. The van der Waals surface area contributed by atoms with Gasteiger partial charge in [-0.2, -0.15) is 0 Å². The Morgan fingerprint density at radius 3 is 2.72 bits per heavy atom. The Labute approximate surface area is 178 Å². The van der Waals surface area contributed by atoms with Gasteiger partial charge in [0.05, 0.1) is 11.2 Å². The minimum atomic E-state index is -0.289. The highest BCUT2D eigenvalue weighted by Crippen LogP contribution is 2.32. The lowest BCUT2D eigenvalue weighted by atomic mass is 10.2. The normalized spacial score (nSPS) is 13.5. The van der Waals surface area contributed by atoms with Crippen LogP contribution in [0.3, 0.4) is 0 Å². The van der Waals surface area contributed by atoms with Crippen LogP contribution in [0.5, 0.6) is 0 Å². The second-order valence-electron chi connectivity index (χ2n) is 7.09. The van der Waals surface area contributed by atoms with Gasteiger partial charge in [-0.15, -0.1) is 0 Å². The van der Waals surface area contributed by atoms with Crippen LogP contribution in [-0.4, -0.2) is 21.8 Å². The lowest BCUT2D eigenvalue weighted by Gasteiger charge is -2.22. The fraction of sp³-hybridized carbons (Fsp3) is 0.273. The van der Waals surface area contributed by atoms with E-state index in [4.69, 9.17) is 27.6 Å². The van der Waals surface area contributed by atoms with Gasteiger partial charge >= 0.3 is 0 Å². The molecular formula is C22H19Cl2FN2O2. The van der Waals surface area contributed by atoms with E-state index in [9.17, 15) is 9.18 Å². The van der Waals surface area contributed by atoms with Crippen LogP contribution < -0.4 is 0 Å². The number of hydrogen-bond donors (Lipinski definition) is 0. The number of aryl methyl sites for hydroxylation is 1. The van der Waals surface area contributed by atoms with Gasteiger partial charge in [0.15, 0.2) is 11.7 Å². The zero-order chi connectivity index (χ0) is 20.4. The summed E-state index contributed by atoms with van der Waals surface area (Å²) in [5.41, 5.74) is 1.23. The molecule has 7 heteroatoms. The lowest BCUT2D eigenvalue weighted by Crippen LogP contribution is -2.33. The number of oxazole rings is 1. The van der Waals surface area contributed by atoms with E-state index < -0.39 is 0 Å². The molecule has 1 aromatic heterocycles. The summed E-state index contributed by atoms with van der Waals surface area (Å²) in [5, 5.41) is 1.01. The van der Waals surface area contributed by atoms with E-state index in [1.807, 2.05) is 0 Å². The Hall–Kier alpha value is -2.37. The summed E-state index contributed by atoms with van der Waals surface area (Å²) >= 11 is 12.1. The number of aromatic nitrogens is 1. The molecule has 0 N–H and O–H groups in total. The van der Waals surface area contributed by atoms with Crippen LogP contribution >= 0.6 is 23.2 Å². The number of amides is 1. The molecule has 1 amide bonds. The number of nitrogens with zero attached hydrogens (tertiary/aromatic N) is 2. The van der Waals surface area contributed by atoms with Gasteiger partial charge in [-0.05, 0) is 37.1 Å². The average molecular weight is 433 g/mol. The van der Waals surface area contributed by atoms with E-state index in [2.05, 4.69) is 4.98 Å². The zero-order valence-electron chi connectivity index (χ0n) is 15.6. The third-order valence-electron chi connectivity index (χ3n) is 4.91. The van der Waals surface area contributed by atoms with E-state index in [1.54, 1.807) is 47.5 Å². The lowest BCUT2D eigenvalue weighted by molar-refractivity contribution is -0.132. The van der Waals surface area contributed by atoms with Crippen LogP contribution in [0, 0.1) is 5.82 Å². The molecule has 0 spiro atoms. The minimum absolute atomic E-state index is 0.0278. The predicted molar refractivity (Wildman–Crippen MR) is 110 cm³/mol. The number of carbonyl (C=O) groups excluding carboxylic acids is 1. The number of hydrogen-bond acceptors (Lipinski definition) is 3. The van der Waals surface area contributed by atoms with Crippen LogP contribution in [0.1, 0.15) is 30.7 Å². The Balaban J connectivity index is 1.41. The SMILES string of the molecule is O=C(CCc1ncc(-c2ccc(Cl)cc2Cl)o1)N(Cc1ccccc1F)C1CC1. The number of rotatable bonds is 7.